The molecule has 2 bridgehead atoms. The van der Waals surface area contributed by atoms with Crippen molar-refractivity contribution in [3.8, 4) is 11.1 Å². The Hall–Kier alpha value is -2.14. The van der Waals surface area contributed by atoms with Gasteiger partial charge in [-0.25, -0.2) is 4.79 Å². The maximum absolute atomic E-state index is 12.6. The molecular formula is C19H24N4O. The molecule has 126 valence electrons. The van der Waals surface area contributed by atoms with Gasteiger partial charge in [0.1, 0.15) is 0 Å². The molecule has 24 heavy (non-hydrogen) atoms. The first kappa shape index (κ1) is 15.4. The van der Waals surface area contributed by atoms with Crippen molar-refractivity contribution in [1.82, 2.24) is 20.0 Å². The Bertz CT molecular complexity index is 743. The highest BCUT2D eigenvalue weighted by Crippen LogP contribution is 2.32. The highest BCUT2D eigenvalue weighted by molar-refractivity contribution is 5.78. The fraction of sp³-hybridized carbons (Fsp3) is 0.474. The van der Waals surface area contributed by atoms with Crippen molar-refractivity contribution in [3.63, 3.8) is 0 Å². The zero-order valence-electron chi connectivity index (χ0n) is 14.3. The summed E-state index contributed by atoms with van der Waals surface area (Å²) in [6, 6.07) is 8.75. The van der Waals surface area contributed by atoms with Gasteiger partial charge in [0.25, 0.3) is 0 Å². The van der Waals surface area contributed by atoms with E-state index in [4.69, 9.17) is 0 Å². The van der Waals surface area contributed by atoms with Gasteiger partial charge in [0.15, 0.2) is 0 Å². The van der Waals surface area contributed by atoms with Crippen LogP contribution in [0.4, 0.5) is 4.79 Å². The van der Waals surface area contributed by atoms with Crippen LogP contribution in [0.25, 0.3) is 11.1 Å². The molecule has 0 spiro atoms. The lowest BCUT2D eigenvalue weighted by atomic mass is 9.79. The molecule has 3 aliphatic heterocycles. The number of amides is 1. The fourth-order valence-electron chi connectivity index (χ4n) is 4.16. The Morgan fingerprint density at radius 1 is 1.25 bits per heavy atom. The Morgan fingerprint density at radius 2 is 2.04 bits per heavy atom. The number of fused-ring (bicyclic) bond motifs is 3. The number of aryl methyl sites for hydroxylation is 1. The van der Waals surface area contributed by atoms with Gasteiger partial charge in [0.2, 0.25) is 0 Å². The van der Waals surface area contributed by atoms with Crippen molar-refractivity contribution in [3.05, 3.63) is 42.2 Å². The molecule has 0 aliphatic carbocycles. The van der Waals surface area contributed by atoms with E-state index in [1.54, 1.807) is 6.20 Å². The second-order valence-electron chi connectivity index (χ2n) is 7.13. The van der Waals surface area contributed by atoms with E-state index in [1.165, 1.54) is 23.1 Å². The highest BCUT2D eigenvalue weighted by Gasteiger charge is 2.40. The standard InChI is InChI=1S/C19H24N4O/c1-13-4-3-5-16(10-13)17-11-20-23(12-17)19(24)21-18-14(2)22-8-6-15(18)7-9-22/h3-5,10-12,14-15,18H,6-9H2,1-2H3,(H,21,24)/t14-,18+/m1/s1. The second kappa shape index (κ2) is 6.06. The van der Waals surface area contributed by atoms with E-state index in [0.29, 0.717) is 12.0 Å². The second-order valence-corrected chi connectivity index (χ2v) is 7.13. The van der Waals surface area contributed by atoms with Gasteiger partial charge in [0.05, 0.1) is 6.20 Å². The van der Waals surface area contributed by atoms with E-state index in [0.717, 1.165) is 24.2 Å². The predicted molar refractivity (Wildman–Crippen MR) is 93.9 cm³/mol. The van der Waals surface area contributed by atoms with E-state index < -0.39 is 0 Å². The Labute approximate surface area is 142 Å². The summed E-state index contributed by atoms with van der Waals surface area (Å²) in [7, 11) is 0. The highest BCUT2D eigenvalue weighted by atomic mass is 16.2. The normalized spacial score (nSPS) is 28.8. The van der Waals surface area contributed by atoms with Crippen molar-refractivity contribution in [2.75, 3.05) is 13.1 Å². The zero-order valence-corrected chi connectivity index (χ0v) is 14.3. The van der Waals surface area contributed by atoms with Crippen LogP contribution in [0.2, 0.25) is 0 Å². The van der Waals surface area contributed by atoms with Crippen molar-refractivity contribution in [2.45, 2.75) is 38.8 Å². The first-order valence-corrected chi connectivity index (χ1v) is 8.78. The molecule has 2 atom stereocenters. The van der Waals surface area contributed by atoms with Gasteiger partial charge in [-0.05, 0) is 51.3 Å². The molecule has 0 radical (unpaired) electrons. The van der Waals surface area contributed by atoms with Crippen molar-refractivity contribution in [2.24, 2.45) is 5.92 Å². The molecule has 1 aromatic carbocycles. The Morgan fingerprint density at radius 3 is 2.75 bits per heavy atom. The number of aromatic nitrogens is 2. The number of nitrogens with zero attached hydrogens (tertiary/aromatic N) is 3. The van der Waals surface area contributed by atoms with Crippen LogP contribution in [0.15, 0.2) is 36.7 Å². The topological polar surface area (TPSA) is 50.2 Å². The van der Waals surface area contributed by atoms with E-state index in [-0.39, 0.29) is 12.1 Å². The molecule has 5 heteroatoms. The molecule has 0 unspecified atom stereocenters. The number of carbonyl (C=O) groups excluding carboxylic acids is 1. The molecule has 3 aliphatic rings. The van der Waals surface area contributed by atoms with Crippen molar-refractivity contribution >= 4 is 6.03 Å². The number of hydrogen-bond acceptors (Lipinski definition) is 3. The lowest BCUT2D eigenvalue weighted by Crippen LogP contribution is -2.62. The van der Waals surface area contributed by atoms with Gasteiger partial charge in [0, 0.05) is 23.8 Å². The summed E-state index contributed by atoms with van der Waals surface area (Å²) in [5.41, 5.74) is 3.26. The lowest BCUT2D eigenvalue weighted by molar-refractivity contribution is 0.0266. The molecule has 3 saturated heterocycles. The molecule has 4 heterocycles. The third-order valence-electron chi connectivity index (χ3n) is 5.61. The minimum atomic E-state index is -0.125. The van der Waals surface area contributed by atoms with Crippen LogP contribution in [0.1, 0.15) is 25.3 Å². The number of nitrogens with one attached hydrogen (secondary N) is 1. The molecule has 3 fully saturated rings. The first-order chi connectivity index (χ1) is 11.6. The largest absolute Gasteiger partial charge is 0.342 e. The fourth-order valence-corrected chi connectivity index (χ4v) is 4.16. The number of rotatable bonds is 2. The molecule has 0 saturated carbocycles. The van der Waals surface area contributed by atoms with Crippen LogP contribution >= 0.6 is 0 Å². The Balaban J connectivity index is 1.49. The van der Waals surface area contributed by atoms with Crippen LogP contribution in [0, 0.1) is 12.8 Å². The maximum atomic E-state index is 12.6. The number of piperidine rings is 3. The minimum absolute atomic E-state index is 0.125. The molecular weight excluding hydrogens is 300 g/mol. The van der Waals surface area contributed by atoms with Crippen LogP contribution in [0.5, 0.6) is 0 Å². The number of benzene rings is 1. The molecule has 1 N–H and O–H groups in total. The average molecular weight is 324 g/mol. The van der Waals surface area contributed by atoms with Gasteiger partial charge >= 0.3 is 6.03 Å². The number of hydrogen-bond donors (Lipinski definition) is 1. The molecule has 2 aromatic rings. The molecule has 1 aromatic heterocycles. The predicted octanol–water partition coefficient (Wildman–Crippen LogP) is 2.90. The smallest absolute Gasteiger partial charge is 0.332 e. The zero-order chi connectivity index (χ0) is 16.7. The van der Waals surface area contributed by atoms with E-state index in [9.17, 15) is 4.79 Å². The van der Waals surface area contributed by atoms with Gasteiger partial charge in [-0.1, -0.05) is 29.8 Å². The first-order valence-electron chi connectivity index (χ1n) is 8.78. The van der Waals surface area contributed by atoms with Gasteiger partial charge in [-0.15, -0.1) is 0 Å². The van der Waals surface area contributed by atoms with Crippen LogP contribution < -0.4 is 5.32 Å². The molecule has 5 nitrogen and oxygen atoms in total. The summed E-state index contributed by atoms with van der Waals surface area (Å²) >= 11 is 0. The summed E-state index contributed by atoms with van der Waals surface area (Å²) in [5.74, 6) is 0.598. The average Bonchev–Trinajstić information content (AvgIpc) is 3.09. The van der Waals surface area contributed by atoms with Crippen molar-refractivity contribution in [1.29, 1.82) is 0 Å². The summed E-state index contributed by atoms with van der Waals surface area (Å²) in [4.78, 5) is 15.1. The van der Waals surface area contributed by atoms with Crippen LogP contribution in [-0.4, -0.2) is 45.9 Å². The van der Waals surface area contributed by atoms with Gasteiger partial charge in [-0.2, -0.15) is 9.78 Å². The van der Waals surface area contributed by atoms with E-state index >= 15 is 0 Å². The van der Waals surface area contributed by atoms with Crippen LogP contribution in [-0.2, 0) is 0 Å². The van der Waals surface area contributed by atoms with Gasteiger partial charge in [-0.3, -0.25) is 4.90 Å². The number of carbonyl (C=O) groups is 1. The van der Waals surface area contributed by atoms with Crippen molar-refractivity contribution < 1.29 is 4.79 Å². The molecule has 5 rings (SSSR count). The van der Waals surface area contributed by atoms with Gasteiger partial charge < -0.3 is 5.32 Å². The summed E-state index contributed by atoms with van der Waals surface area (Å²) in [6.45, 7) is 6.61. The quantitative estimate of drug-likeness (QED) is 0.924. The third kappa shape index (κ3) is 2.73. The van der Waals surface area contributed by atoms with E-state index in [1.807, 2.05) is 18.3 Å². The monoisotopic (exact) mass is 324 g/mol. The summed E-state index contributed by atoms with van der Waals surface area (Å²) < 4.78 is 1.43. The summed E-state index contributed by atoms with van der Waals surface area (Å²) in [6.07, 6.45) is 5.94. The lowest BCUT2D eigenvalue weighted by Gasteiger charge is -2.49. The maximum Gasteiger partial charge on any atom is 0.342 e. The molecule has 1 amide bonds. The SMILES string of the molecule is Cc1cccc(-c2cnn(C(=O)N[C@@H]3C4CCN(CC4)[C@@H]3C)c2)c1. The Kier molecular flexibility index (Phi) is 3.88. The summed E-state index contributed by atoms with van der Waals surface area (Å²) in [5, 5.41) is 7.48. The van der Waals surface area contributed by atoms with E-state index in [2.05, 4.69) is 41.3 Å². The third-order valence-corrected chi connectivity index (χ3v) is 5.61. The minimum Gasteiger partial charge on any atom is -0.332 e. The van der Waals surface area contributed by atoms with Crippen LogP contribution in [0.3, 0.4) is 0 Å².